The predicted molar refractivity (Wildman–Crippen MR) is 55.8 cm³/mol. The van der Waals surface area contributed by atoms with E-state index in [9.17, 15) is 0 Å². The number of likely N-dealkylation sites (tertiary alicyclic amines) is 1. The van der Waals surface area contributed by atoms with Gasteiger partial charge in [-0.25, -0.2) is 0 Å². The SMILES string of the molecule is CCCCN1CCC(=CCO)CC1. The third kappa shape index (κ3) is 3.92. The number of nitrogens with zero attached hydrogens (tertiary/aromatic N) is 1. The first-order valence-corrected chi connectivity index (χ1v) is 5.38. The molecule has 1 aliphatic heterocycles. The van der Waals surface area contributed by atoms with E-state index in [-0.39, 0.29) is 6.61 Å². The number of aliphatic hydroxyl groups excluding tert-OH is 1. The first-order valence-electron chi connectivity index (χ1n) is 5.38. The molecule has 1 aliphatic rings. The summed E-state index contributed by atoms with van der Waals surface area (Å²) in [4.78, 5) is 2.53. The predicted octanol–water partition coefficient (Wildman–Crippen LogP) is 1.80. The number of piperidine rings is 1. The molecule has 2 nitrogen and oxygen atoms in total. The Balaban J connectivity index is 2.18. The molecule has 0 saturated carbocycles. The average Bonchev–Trinajstić information content (AvgIpc) is 2.17. The van der Waals surface area contributed by atoms with Gasteiger partial charge in [0, 0.05) is 13.1 Å². The lowest BCUT2D eigenvalue weighted by Crippen LogP contribution is -2.31. The highest BCUT2D eigenvalue weighted by Gasteiger charge is 2.12. The number of hydrogen-bond donors (Lipinski definition) is 1. The topological polar surface area (TPSA) is 23.5 Å². The van der Waals surface area contributed by atoms with Crippen LogP contribution in [0.15, 0.2) is 11.6 Å². The Morgan fingerprint density at radius 2 is 2.08 bits per heavy atom. The van der Waals surface area contributed by atoms with E-state index in [4.69, 9.17) is 5.11 Å². The molecule has 1 N–H and O–H groups in total. The molecular weight excluding hydrogens is 162 g/mol. The molecule has 0 spiro atoms. The number of hydrogen-bond acceptors (Lipinski definition) is 2. The van der Waals surface area contributed by atoms with Gasteiger partial charge in [-0.15, -0.1) is 0 Å². The first-order chi connectivity index (χ1) is 6.36. The van der Waals surface area contributed by atoms with Crippen LogP contribution < -0.4 is 0 Å². The van der Waals surface area contributed by atoms with Crippen LogP contribution >= 0.6 is 0 Å². The molecule has 0 aliphatic carbocycles. The zero-order valence-electron chi connectivity index (χ0n) is 8.63. The number of aliphatic hydroxyl groups is 1. The van der Waals surface area contributed by atoms with E-state index in [0.29, 0.717) is 0 Å². The smallest absolute Gasteiger partial charge is 0.0615 e. The van der Waals surface area contributed by atoms with E-state index in [1.165, 1.54) is 38.0 Å². The Labute approximate surface area is 81.2 Å². The summed E-state index contributed by atoms with van der Waals surface area (Å²) in [6.07, 6.45) is 6.89. The Hall–Kier alpha value is -0.340. The van der Waals surface area contributed by atoms with Gasteiger partial charge < -0.3 is 10.0 Å². The van der Waals surface area contributed by atoms with E-state index in [1.807, 2.05) is 6.08 Å². The van der Waals surface area contributed by atoms with Crippen LogP contribution in [0.2, 0.25) is 0 Å². The molecule has 2 heteroatoms. The van der Waals surface area contributed by atoms with Crippen LogP contribution in [0.25, 0.3) is 0 Å². The van der Waals surface area contributed by atoms with Crippen molar-refractivity contribution in [3.63, 3.8) is 0 Å². The quantitative estimate of drug-likeness (QED) is 0.672. The van der Waals surface area contributed by atoms with Crippen LogP contribution in [0.3, 0.4) is 0 Å². The third-order valence-corrected chi connectivity index (χ3v) is 2.71. The summed E-state index contributed by atoms with van der Waals surface area (Å²) in [7, 11) is 0. The second-order valence-electron chi connectivity index (χ2n) is 3.74. The molecular formula is C11H21NO. The van der Waals surface area contributed by atoms with Gasteiger partial charge in [0.25, 0.3) is 0 Å². The van der Waals surface area contributed by atoms with Crippen molar-refractivity contribution in [3.8, 4) is 0 Å². The Bertz CT molecular complexity index is 155. The zero-order valence-corrected chi connectivity index (χ0v) is 8.63. The minimum atomic E-state index is 0.213. The van der Waals surface area contributed by atoms with Gasteiger partial charge in [0.15, 0.2) is 0 Å². The fourth-order valence-electron chi connectivity index (χ4n) is 1.78. The monoisotopic (exact) mass is 183 g/mol. The molecule has 0 atom stereocenters. The second-order valence-corrected chi connectivity index (χ2v) is 3.74. The standard InChI is InChI=1S/C11H21NO/c1-2-3-7-12-8-4-11(5-9-12)6-10-13/h6,13H,2-5,7-10H2,1H3. The maximum atomic E-state index is 8.74. The molecule has 0 bridgehead atoms. The normalized spacial score (nSPS) is 19.1. The van der Waals surface area contributed by atoms with Gasteiger partial charge >= 0.3 is 0 Å². The third-order valence-electron chi connectivity index (χ3n) is 2.71. The summed E-state index contributed by atoms with van der Waals surface area (Å²) in [6.45, 7) is 6.08. The highest BCUT2D eigenvalue weighted by Crippen LogP contribution is 2.15. The maximum Gasteiger partial charge on any atom is 0.0615 e. The van der Waals surface area contributed by atoms with Crippen molar-refractivity contribution in [1.82, 2.24) is 4.90 Å². The van der Waals surface area contributed by atoms with Crippen LogP contribution in [0.5, 0.6) is 0 Å². The van der Waals surface area contributed by atoms with E-state index < -0.39 is 0 Å². The van der Waals surface area contributed by atoms with Crippen molar-refractivity contribution in [2.75, 3.05) is 26.2 Å². The molecule has 0 amide bonds. The molecule has 0 radical (unpaired) electrons. The van der Waals surface area contributed by atoms with Gasteiger partial charge in [-0.05, 0) is 25.8 Å². The van der Waals surface area contributed by atoms with Gasteiger partial charge in [-0.1, -0.05) is 25.0 Å². The lowest BCUT2D eigenvalue weighted by atomic mass is 10.0. The van der Waals surface area contributed by atoms with Crippen molar-refractivity contribution in [3.05, 3.63) is 11.6 Å². The molecule has 13 heavy (non-hydrogen) atoms. The van der Waals surface area contributed by atoms with Crippen LogP contribution in [-0.2, 0) is 0 Å². The van der Waals surface area contributed by atoms with Crippen LogP contribution in [0.1, 0.15) is 32.6 Å². The first kappa shape index (κ1) is 10.7. The summed E-state index contributed by atoms with van der Waals surface area (Å²) in [5, 5.41) is 8.74. The molecule has 1 saturated heterocycles. The van der Waals surface area contributed by atoms with Gasteiger partial charge in [-0.3, -0.25) is 0 Å². The van der Waals surface area contributed by atoms with Crippen LogP contribution in [0, 0.1) is 0 Å². The number of unbranched alkanes of at least 4 members (excludes halogenated alkanes) is 1. The van der Waals surface area contributed by atoms with Gasteiger partial charge in [-0.2, -0.15) is 0 Å². The van der Waals surface area contributed by atoms with E-state index in [1.54, 1.807) is 0 Å². The highest BCUT2D eigenvalue weighted by atomic mass is 16.2. The molecule has 0 unspecified atom stereocenters. The van der Waals surface area contributed by atoms with E-state index in [2.05, 4.69) is 11.8 Å². The number of rotatable bonds is 4. The van der Waals surface area contributed by atoms with Crippen molar-refractivity contribution in [1.29, 1.82) is 0 Å². The Kier molecular flexibility index (Phi) is 5.09. The summed E-state index contributed by atoms with van der Waals surface area (Å²) in [5.41, 5.74) is 1.44. The summed E-state index contributed by atoms with van der Waals surface area (Å²) >= 11 is 0. The fourth-order valence-corrected chi connectivity index (χ4v) is 1.78. The molecule has 0 aromatic carbocycles. The van der Waals surface area contributed by atoms with Gasteiger partial charge in [0.05, 0.1) is 6.61 Å². The fraction of sp³-hybridized carbons (Fsp3) is 0.818. The summed E-state index contributed by atoms with van der Waals surface area (Å²) in [6, 6.07) is 0. The van der Waals surface area contributed by atoms with E-state index >= 15 is 0 Å². The minimum Gasteiger partial charge on any atom is -0.392 e. The maximum absolute atomic E-state index is 8.74. The lowest BCUT2D eigenvalue weighted by molar-refractivity contribution is 0.251. The molecule has 1 heterocycles. The Morgan fingerprint density at radius 1 is 1.38 bits per heavy atom. The minimum absolute atomic E-state index is 0.213. The summed E-state index contributed by atoms with van der Waals surface area (Å²) < 4.78 is 0. The van der Waals surface area contributed by atoms with Gasteiger partial charge in [0.1, 0.15) is 0 Å². The van der Waals surface area contributed by atoms with E-state index in [0.717, 1.165) is 12.8 Å². The van der Waals surface area contributed by atoms with Crippen molar-refractivity contribution >= 4 is 0 Å². The summed E-state index contributed by atoms with van der Waals surface area (Å²) in [5.74, 6) is 0. The highest BCUT2D eigenvalue weighted by molar-refractivity contribution is 5.05. The molecule has 1 rings (SSSR count). The largest absolute Gasteiger partial charge is 0.392 e. The van der Waals surface area contributed by atoms with Crippen molar-refractivity contribution < 1.29 is 5.11 Å². The van der Waals surface area contributed by atoms with Crippen LogP contribution in [0.4, 0.5) is 0 Å². The zero-order chi connectivity index (χ0) is 9.52. The molecule has 76 valence electrons. The van der Waals surface area contributed by atoms with Crippen molar-refractivity contribution in [2.24, 2.45) is 0 Å². The lowest BCUT2D eigenvalue weighted by Gasteiger charge is -2.28. The average molecular weight is 183 g/mol. The Morgan fingerprint density at radius 3 is 2.62 bits per heavy atom. The molecule has 1 fully saturated rings. The van der Waals surface area contributed by atoms with Crippen LogP contribution in [-0.4, -0.2) is 36.2 Å². The van der Waals surface area contributed by atoms with Gasteiger partial charge in [0.2, 0.25) is 0 Å². The molecule has 0 aromatic rings. The van der Waals surface area contributed by atoms with Crippen molar-refractivity contribution in [2.45, 2.75) is 32.6 Å². The second kappa shape index (κ2) is 6.17. The molecule has 0 aromatic heterocycles.